The van der Waals surface area contributed by atoms with Crippen LogP contribution < -0.4 is 0 Å². The van der Waals surface area contributed by atoms with Gasteiger partial charge in [0.25, 0.3) is 0 Å². The molecule has 0 amide bonds. The predicted molar refractivity (Wildman–Crippen MR) is 69.7 cm³/mol. The Hall–Kier alpha value is -0.0831. The van der Waals surface area contributed by atoms with Crippen molar-refractivity contribution in [2.24, 2.45) is 0 Å². The molecule has 0 saturated carbocycles. The lowest BCUT2D eigenvalue weighted by Crippen LogP contribution is -2.51. The summed E-state index contributed by atoms with van der Waals surface area (Å²) in [6.07, 6.45) is 0. The Balaban J connectivity index is 4.46. The molecule has 0 radical (unpaired) electrons. The average Bonchev–Trinajstić information content (AvgIpc) is 2.27. The SMILES string of the molecule is CCO[Si](OCC)(OCC)OC(=O)CSCC. The van der Waals surface area contributed by atoms with E-state index in [-0.39, 0.29) is 5.97 Å². The van der Waals surface area contributed by atoms with Crippen molar-refractivity contribution in [3.8, 4) is 0 Å². The van der Waals surface area contributed by atoms with Crippen molar-refractivity contribution in [2.45, 2.75) is 27.7 Å². The van der Waals surface area contributed by atoms with Crippen LogP contribution in [0.4, 0.5) is 0 Å². The van der Waals surface area contributed by atoms with Gasteiger partial charge < -0.3 is 17.7 Å². The van der Waals surface area contributed by atoms with Gasteiger partial charge in [0.15, 0.2) is 0 Å². The minimum absolute atomic E-state index is 0.290. The molecule has 0 atom stereocenters. The molecule has 0 saturated heterocycles. The molecule has 0 aromatic carbocycles. The second kappa shape index (κ2) is 9.90. The molecule has 0 aromatic heterocycles. The topological polar surface area (TPSA) is 54.0 Å². The second-order valence-corrected chi connectivity index (χ2v) is 6.25. The molecule has 0 rings (SSSR count). The smallest absolute Gasteiger partial charge is 0.451 e. The zero-order valence-electron chi connectivity index (χ0n) is 11.0. The molecule has 0 aromatic rings. The van der Waals surface area contributed by atoms with Crippen molar-refractivity contribution in [1.82, 2.24) is 0 Å². The fourth-order valence-electron chi connectivity index (χ4n) is 1.10. The lowest BCUT2D eigenvalue weighted by Gasteiger charge is -2.25. The lowest BCUT2D eigenvalue weighted by atomic mass is 10.8. The van der Waals surface area contributed by atoms with Crippen LogP contribution in [0.15, 0.2) is 0 Å². The van der Waals surface area contributed by atoms with Crippen LogP contribution in [0.2, 0.25) is 0 Å². The van der Waals surface area contributed by atoms with Crippen LogP contribution in [0.3, 0.4) is 0 Å². The van der Waals surface area contributed by atoms with Crippen LogP contribution in [0.25, 0.3) is 0 Å². The van der Waals surface area contributed by atoms with E-state index in [9.17, 15) is 4.79 Å². The molecule has 0 unspecified atom stereocenters. The molecule has 0 bridgehead atoms. The Morgan fingerprint density at radius 3 is 1.82 bits per heavy atom. The highest BCUT2D eigenvalue weighted by Gasteiger charge is 2.49. The average molecular weight is 282 g/mol. The van der Waals surface area contributed by atoms with Gasteiger partial charge in [-0.25, -0.2) is 0 Å². The molecule has 102 valence electrons. The van der Waals surface area contributed by atoms with E-state index >= 15 is 0 Å². The molecule has 0 spiro atoms. The number of hydrogen-bond acceptors (Lipinski definition) is 6. The number of rotatable bonds is 10. The number of thioether (sulfide) groups is 1. The standard InChI is InChI=1S/C10H22O5SSi/c1-5-12-17(13-6-2,14-7-3)15-10(11)9-16-8-4/h5-9H2,1-4H3. The van der Waals surface area contributed by atoms with E-state index < -0.39 is 9.05 Å². The first-order valence-electron chi connectivity index (χ1n) is 5.85. The maximum Gasteiger partial charge on any atom is 0.751 e. The van der Waals surface area contributed by atoms with E-state index in [1.54, 1.807) is 0 Å². The van der Waals surface area contributed by atoms with Gasteiger partial charge in [-0.1, -0.05) is 6.92 Å². The van der Waals surface area contributed by atoms with Crippen molar-refractivity contribution in [3.63, 3.8) is 0 Å². The molecule has 5 nitrogen and oxygen atoms in total. The summed E-state index contributed by atoms with van der Waals surface area (Å²) in [7, 11) is -3.27. The molecule has 0 heterocycles. The van der Waals surface area contributed by atoms with Gasteiger partial charge >= 0.3 is 15.0 Å². The minimum atomic E-state index is -3.27. The van der Waals surface area contributed by atoms with E-state index in [0.717, 1.165) is 5.75 Å². The maximum atomic E-state index is 11.6. The minimum Gasteiger partial charge on any atom is -0.451 e. The normalized spacial score (nSPS) is 11.5. The Bertz CT molecular complexity index is 198. The van der Waals surface area contributed by atoms with Crippen LogP contribution in [0.1, 0.15) is 27.7 Å². The Morgan fingerprint density at radius 2 is 1.47 bits per heavy atom. The van der Waals surface area contributed by atoms with Gasteiger partial charge in [0, 0.05) is 19.8 Å². The Kier molecular flexibility index (Phi) is 9.85. The van der Waals surface area contributed by atoms with E-state index in [2.05, 4.69) is 0 Å². The van der Waals surface area contributed by atoms with Crippen LogP contribution in [-0.4, -0.2) is 46.3 Å². The van der Waals surface area contributed by atoms with Crippen molar-refractivity contribution >= 4 is 26.8 Å². The largest absolute Gasteiger partial charge is 0.751 e. The fourth-order valence-corrected chi connectivity index (χ4v) is 3.47. The third-order valence-electron chi connectivity index (χ3n) is 1.63. The molecule has 0 fully saturated rings. The summed E-state index contributed by atoms with van der Waals surface area (Å²) >= 11 is 1.49. The predicted octanol–water partition coefficient (Wildman–Crippen LogP) is 1.83. The van der Waals surface area contributed by atoms with Crippen molar-refractivity contribution < 1.29 is 22.5 Å². The monoisotopic (exact) mass is 282 g/mol. The Labute approximate surface area is 109 Å². The summed E-state index contributed by atoms with van der Waals surface area (Å²) in [5, 5.41) is 0. The summed E-state index contributed by atoms with van der Waals surface area (Å²) in [5.74, 6) is 0.805. The highest BCUT2D eigenvalue weighted by atomic mass is 32.2. The van der Waals surface area contributed by atoms with Gasteiger partial charge in [0.05, 0.1) is 5.75 Å². The quantitative estimate of drug-likeness (QED) is 0.570. The van der Waals surface area contributed by atoms with Gasteiger partial charge in [-0.15, -0.1) is 0 Å². The van der Waals surface area contributed by atoms with Crippen LogP contribution in [-0.2, 0) is 22.5 Å². The van der Waals surface area contributed by atoms with Crippen LogP contribution >= 0.6 is 11.8 Å². The number of carbonyl (C=O) groups is 1. The first-order valence-corrected chi connectivity index (χ1v) is 8.64. The van der Waals surface area contributed by atoms with Gasteiger partial charge in [0.2, 0.25) is 0 Å². The molecule has 0 aliphatic heterocycles. The van der Waals surface area contributed by atoms with Crippen LogP contribution in [0.5, 0.6) is 0 Å². The van der Waals surface area contributed by atoms with Gasteiger partial charge in [-0.3, -0.25) is 4.79 Å². The number of carbonyl (C=O) groups excluding carboxylic acids is 1. The first-order chi connectivity index (χ1) is 8.14. The molecular formula is C10H22O5SSi. The molecule has 7 heteroatoms. The third-order valence-corrected chi connectivity index (χ3v) is 4.88. The highest BCUT2D eigenvalue weighted by molar-refractivity contribution is 7.99. The highest BCUT2D eigenvalue weighted by Crippen LogP contribution is 2.13. The summed E-state index contributed by atoms with van der Waals surface area (Å²) in [6, 6.07) is 0. The van der Waals surface area contributed by atoms with Crippen molar-refractivity contribution in [2.75, 3.05) is 31.3 Å². The van der Waals surface area contributed by atoms with E-state index in [4.69, 9.17) is 17.7 Å². The zero-order chi connectivity index (χ0) is 13.1. The summed E-state index contributed by atoms with van der Waals surface area (Å²) in [4.78, 5) is 11.6. The van der Waals surface area contributed by atoms with E-state index in [1.807, 2.05) is 27.7 Å². The maximum absolute atomic E-state index is 11.6. The van der Waals surface area contributed by atoms with Gasteiger partial charge in [0.1, 0.15) is 0 Å². The first kappa shape index (κ1) is 16.9. The van der Waals surface area contributed by atoms with E-state index in [1.165, 1.54) is 11.8 Å². The van der Waals surface area contributed by atoms with Crippen LogP contribution in [0, 0.1) is 0 Å². The van der Waals surface area contributed by atoms with Gasteiger partial charge in [-0.2, -0.15) is 11.8 Å². The molecular weight excluding hydrogens is 260 g/mol. The summed E-state index contributed by atoms with van der Waals surface area (Å²) in [6.45, 7) is 8.59. The molecule has 0 aliphatic rings. The van der Waals surface area contributed by atoms with Crippen molar-refractivity contribution in [1.29, 1.82) is 0 Å². The molecule has 0 aliphatic carbocycles. The fraction of sp³-hybridized carbons (Fsp3) is 0.900. The molecule has 0 N–H and O–H groups in total. The zero-order valence-corrected chi connectivity index (χ0v) is 12.8. The third kappa shape index (κ3) is 7.05. The second-order valence-electron chi connectivity index (χ2n) is 2.91. The molecule has 17 heavy (non-hydrogen) atoms. The number of hydrogen-bond donors (Lipinski definition) is 0. The summed E-state index contributed by atoms with van der Waals surface area (Å²) in [5.41, 5.74) is 0. The summed E-state index contributed by atoms with van der Waals surface area (Å²) < 4.78 is 21.5. The van der Waals surface area contributed by atoms with E-state index in [0.29, 0.717) is 25.6 Å². The lowest BCUT2D eigenvalue weighted by molar-refractivity contribution is -0.141. The Morgan fingerprint density at radius 1 is 1.00 bits per heavy atom. The van der Waals surface area contributed by atoms with Gasteiger partial charge in [-0.05, 0) is 26.5 Å². The van der Waals surface area contributed by atoms with Crippen molar-refractivity contribution in [3.05, 3.63) is 0 Å².